The van der Waals surface area contributed by atoms with Gasteiger partial charge in [-0.25, -0.2) is 9.18 Å². The number of halogens is 1. The summed E-state index contributed by atoms with van der Waals surface area (Å²) in [6.07, 6.45) is 1.80. The van der Waals surface area contributed by atoms with Crippen molar-refractivity contribution in [3.8, 4) is 0 Å². The third-order valence-electron chi connectivity index (χ3n) is 2.01. The van der Waals surface area contributed by atoms with Crippen molar-refractivity contribution in [2.75, 3.05) is 6.61 Å². The lowest BCUT2D eigenvalue weighted by atomic mass is 10.1. The fraction of sp³-hybridized carbons (Fsp3) is 0.417. The van der Waals surface area contributed by atoms with Crippen LogP contribution in [0.2, 0.25) is 0 Å². The Morgan fingerprint density at radius 2 is 2.13 bits per heavy atom. The fourth-order valence-corrected chi connectivity index (χ4v) is 1.25. The SMILES string of the molecule is CCCCOC(=O)c1cc(C)cc(F)c1. The van der Waals surface area contributed by atoms with E-state index in [0.717, 1.165) is 18.4 Å². The Kier molecular flexibility index (Phi) is 4.28. The van der Waals surface area contributed by atoms with Crippen LogP contribution >= 0.6 is 0 Å². The molecule has 1 aromatic carbocycles. The first-order chi connectivity index (χ1) is 7.13. The van der Waals surface area contributed by atoms with Gasteiger partial charge in [0.2, 0.25) is 0 Å². The van der Waals surface area contributed by atoms with E-state index in [1.807, 2.05) is 6.92 Å². The Bertz CT molecular complexity index is 327. The highest BCUT2D eigenvalue weighted by Gasteiger charge is 2.08. The summed E-state index contributed by atoms with van der Waals surface area (Å²) in [4.78, 5) is 11.4. The number of hydrogen-bond donors (Lipinski definition) is 0. The van der Waals surface area contributed by atoms with E-state index in [0.29, 0.717) is 6.61 Å². The lowest BCUT2D eigenvalue weighted by Gasteiger charge is -2.04. The maximum atomic E-state index is 13.0. The molecule has 0 N–H and O–H groups in total. The summed E-state index contributed by atoms with van der Waals surface area (Å²) in [5.74, 6) is -0.858. The molecule has 0 heterocycles. The Labute approximate surface area is 89.1 Å². The second kappa shape index (κ2) is 5.49. The molecule has 0 atom stereocenters. The first-order valence-electron chi connectivity index (χ1n) is 5.08. The van der Waals surface area contributed by atoms with Gasteiger partial charge in [-0.3, -0.25) is 0 Å². The molecular weight excluding hydrogens is 195 g/mol. The zero-order valence-corrected chi connectivity index (χ0v) is 9.05. The maximum absolute atomic E-state index is 13.0. The number of aryl methyl sites for hydroxylation is 1. The van der Waals surface area contributed by atoms with Crippen LogP contribution in [-0.4, -0.2) is 12.6 Å². The van der Waals surface area contributed by atoms with Gasteiger partial charge in [-0.15, -0.1) is 0 Å². The van der Waals surface area contributed by atoms with Crippen LogP contribution in [0.25, 0.3) is 0 Å². The molecule has 0 unspecified atom stereocenters. The molecular formula is C12H15FO2. The highest BCUT2D eigenvalue weighted by atomic mass is 19.1. The summed E-state index contributed by atoms with van der Waals surface area (Å²) in [6.45, 7) is 4.15. The molecule has 2 nitrogen and oxygen atoms in total. The van der Waals surface area contributed by atoms with Crippen molar-refractivity contribution >= 4 is 5.97 Å². The maximum Gasteiger partial charge on any atom is 0.338 e. The third kappa shape index (κ3) is 3.70. The molecule has 1 rings (SSSR count). The normalized spacial score (nSPS) is 10.1. The van der Waals surface area contributed by atoms with E-state index in [4.69, 9.17) is 4.74 Å². The predicted molar refractivity (Wildman–Crippen MR) is 56.3 cm³/mol. The predicted octanol–water partition coefficient (Wildman–Crippen LogP) is 3.09. The molecule has 0 saturated carbocycles. The first kappa shape index (κ1) is 11.7. The van der Waals surface area contributed by atoms with Crippen LogP contribution in [0.3, 0.4) is 0 Å². The Hall–Kier alpha value is -1.38. The number of esters is 1. The van der Waals surface area contributed by atoms with E-state index in [2.05, 4.69) is 0 Å². The van der Waals surface area contributed by atoms with Gasteiger partial charge < -0.3 is 4.74 Å². The number of benzene rings is 1. The van der Waals surface area contributed by atoms with E-state index in [1.54, 1.807) is 13.0 Å². The summed E-state index contributed by atoms with van der Waals surface area (Å²) in [7, 11) is 0. The molecule has 0 radical (unpaired) electrons. The Balaban J connectivity index is 2.65. The average Bonchev–Trinajstić information content (AvgIpc) is 2.16. The largest absolute Gasteiger partial charge is 0.462 e. The van der Waals surface area contributed by atoms with Crippen molar-refractivity contribution in [1.82, 2.24) is 0 Å². The molecule has 0 aromatic heterocycles. The lowest BCUT2D eigenvalue weighted by Crippen LogP contribution is -2.07. The number of carbonyl (C=O) groups is 1. The van der Waals surface area contributed by atoms with Crippen molar-refractivity contribution in [3.05, 3.63) is 35.1 Å². The van der Waals surface area contributed by atoms with Gasteiger partial charge in [-0.05, 0) is 37.1 Å². The molecule has 0 saturated heterocycles. The molecule has 0 aliphatic heterocycles. The zero-order valence-electron chi connectivity index (χ0n) is 9.05. The Morgan fingerprint density at radius 3 is 2.73 bits per heavy atom. The number of unbranched alkanes of at least 4 members (excludes halogenated alkanes) is 1. The smallest absolute Gasteiger partial charge is 0.338 e. The number of carbonyl (C=O) groups excluding carboxylic acids is 1. The monoisotopic (exact) mass is 210 g/mol. The van der Waals surface area contributed by atoms with Crippen LogP contribution in [0.5, 0.6) is 0 Å². The average molecular weight is 210 g/mol. The van der Waals surface area contributed by atoms with Crippen LogP contribution in [0.4, 0.5) is 4.39 Å². The summed E-state index contributed by atoms with van der Waals surface area (Å²) in [5.41, 5.74) is 1.00. The molecule has 0 amide bonds. The first-order valence-corrected chi connectivity index (χ1v) is 5.08. The highest BCUT2D eigenvalue weighted by molar-refractivity contribution is 5.89. The minimum Gasteiger partial charge on any atom is -0.462 e. The molecule has 0 bridgehead atoms. The third-order valence-corrected chi connectivity index (χ3v) is 2.01. The van der Waals surface area contributed by atoms with E-state index >= 15 is 0 Å². The molecule has 0 aliphatic carbocycles. The lowest BCUT2D eigenvalue weighted by molar-refractivity contribution is 0.0499. The van der Waals surface area contributed by atoms with E-state index in [9.17, 15) is 9.18 Å². The molecule has 0 spiro atoms. The van der Waals surface area contributed by atoms with Gasteiger partial charge in [0.1, 0.15) is 5.82 Å². The van der Waals surface area contributed by atoms with E-state index in [1.165, 1.54) is 12.1 Å². The van der Waals surface area contributed by atoms with Crippen molar-refractivity contribution in [2.24, 2.45) is 0 Å². The van der Waals surface area contributed by atoms with Crippen molar-refractivity contribution in [2.45, 2.75) is 26.7 Å². The van der Waals surface area contributed by atoms with Crippen LogP contribution < -0.4 is 0 Å². The topological polar surface area (TPSA) is 26.3 Å². The molecule has 3 heteroatoms. The Morgan fingerprint density at radius 1 is 1.40 bits per heavy atom. The number of ether oxygens (including phenoxy) is 1. The van der Waals surface area contributed by atoms with E-state index < -0.39 is 11.8 Å². The molecule has 0 fully saturated rings. The molecule has 0 aliphatic rings. The van der Waals surface area contributed by atoms with Crippen LogP contribution in [0.1, 0.15) is 35.7 Å². The highest BCUT2D eigenvalue weighted by Crippen LogP contribution is 2.09. The van der Waals surface area contributed by atoms with Crippen LogP contribution in [-0.2, 0) is 4.74 Å². The molecule has 82 valence electrons. The quantitative estimate of drug-likeness (QED) is 0.564. The summed E-state index contributed by atoms with van der Waals surface area (Å²) < 4.78 is 17.9. The molecule has 15 heavy (non-hydrogen) atoms. The summed E-state index contributed by atoms with van der Waals surface area (Å²) in [6, 6.07) is 4.20. The van der Waals surface area contributed by atoms with E-state index in [-0.39, 0.29) is 5.56 Å². The summed E-state index contributed by atoms with van der Waals surface area (Å²) in [5, 5.41) is 0. The number of rotatable bonds is 4. The minimum atomic E-state index is -0.453. The second-order valence-corrected chi connectivity index (χ2v) is 3.51. The van der Waals surface area contributed by atoms with Gasteiger partial charge in [-0.1, -0.05) is 13.3 Å². The van der Waals surface area contributed by atoms with Crippen LogP contribution in [0.15, 0.2) is 18.2 Å². The van der Waals surface area contributed by atoms with Gasteiger partial charge in [0, 0.05) is 0 Å². The standard InChI is InChI=1S/C12H15FO2/c1-3-4-5-15-12(14)10-6-9(2)7-11(13)8-10/h6-8H,3-5H2,1-2H3. The van der Waals surface area contributed by atoms with Crippen LogP contribution in [0, 0.1) is 12.7 Å². The van der Waals surface area contributed by atoms with Gasteiger partial charge in [0.05, 0.1) is 12.2 Å². The van der Waals surface area contributed by atoms with Crippen molar-refractivity contribution in [1.29, 1.82) is 0 Å². The second-order valence-electron chi connectivity index (χ2n) is 3.51. The minimum absolute atomic E-state index is 0.281. The molecule has 1 aromatic rings. The number of hydrogen-bond acceptors (Lipinski definition) is 2. The van der Waals surface area contributed by atoms with Gasteiger partial charge in [-0.2, -0.15) is 0 Å². The zero-order chi connectivity index (χ0) is 11.3. The van der Waals surface area contributed by atoms with Gasteiger partial charge in [0.15, 0.2) is 0 Å². The van der Waals surface area contributed by atoms with Gasteiger partial charge in [0.25, 0.3) is 0 Å². The fourth-order valence-electron chi connectivity index (χ4n) is 1.25. The van der Waals surface area contributed by atoms with Gasteiger partial charge >= 0.3 is 5.97 Å². The van der Waals surface area contributed by atoms with Crippen molar-refractivity contribution < 1.29 is 13.9 Å². The summed E-state index contributed by atoms with van der Waals surface area (Å²) >= 11 is 0. The van der Waals surface area contributed by atoms with Crippen molar-refractivity contribution in [3.63, 3.8) is 0 Å².